The quantitative estimate of drug-likeness (QED) is 0.612. The van der Waals surface area contributed by atoms with Gasteiger partial charge in [-0.25, -0.2) is 8.42 Å². The van der Waals surface area contributed by atoms with Crippen molar-refractivity contribution in [2.75, 3.05) is 10.0 Å². The first-order chi connectivity index (χ1) is 12.9. The van der Waals surface area contributed by atoms with Gasteiger partial charge in [-0.3, -0.25) is 14.3 Å². The molecule has 1 amide bonds. The maximum absolute atomic E-state index is 12.6. The van der Waals surface area contributed by atoms with Crippen molar-refractivity contribution in [3.8, 4) is 0 Å². The molecule has 138 valence electrons. The Kier molecular flexibility index (Phi) is 5.38. The number of rotatable bonds is 6. The van der Waals surface area contributed by atoms with Crippen LogP contribution >= 0.6 is 11.3 Å². The van der Waals surface area contributed by atoms with Gasteiger partial charge in [0.15, 0.2) is 5.78 Å². The Bertz CT molecular complexity index is 1090. The van der Waals surface area contributed by atoms with Gasteiger partial charge in [0.2, 0.25) is 0 Å². The second-order valence-corrected chi connectivity index (χ2v) is 8.27. The molecule has 0 fully saturated rings. The smallest absolute Gasteiger partial charge is 0.267 e. The van der Waals surface area contributed by atoms with Crippen LogP contribution in [0.4, 0.5) is 11.4 Å². The molecule has 1 aromatic heterocycles. The molecule has 0 spiro atoms. The van der Waals surface area contributed by atoms with Crippen molar-refractivity contribution in [3.05, 3.63) is 76.5 Å². The minimum atomic E-state index is -3.80. The van der Waals surface area contributed by atoms with Gasteiger partial charge in [0, 0.05) is 11.3 Å². The van der Waals surface area contributed by atoms with E-state index in [0.29, 0.717) is 11.3 Å². The molecule has 3 aromatic rings. The third kappa shape index (κ3) is 4.42. The summed E-state index contributed by atoms with van der Waals surface area (Å²) in [4.78, 5) is 24.4. The molecule has 2 N–H and O–H groups in total. The lowest BCUT2D eigenvalue weighted by molar-refractivity contribution is 0.101. The fourth-order valence-corrected chi connectivity index (χ4v) is 4.27. The molecule has 27 heavy (non-hydrogen) atoms. The molecule has 0 radical (unpaired) electrons. The highest BCUT2D eigenvalue weighted by Gasteiger charge is 2.20. The van der Waals surface area contributed by atoms with Gasteiger partial charge in [0.25, 0.3) is 15.9 Å². The van der Waals surface area contributed by atoms with Crippen LogP contribution < -0.4 is 10.0 Å². The summed E-state index contributed by atoms with van der Waals surface area (Å²) in [6.45, 7) is 1.44. The van der Waals surface area contributed by atoms with Crippen LogP contribution in [0.25, 0.3) is 0 Å². The molecule has 0 bridgehead atoms. The van der Waals surface area contributed by atoms with Gasteiger partial charge < -0.3 is 5.32 Å². The molecule has 0 saturated heterocycles. The van der Waals surface area contributed by atoms with E-state index >= 15 is 0 Å². The number of Topliss-reactive ketones (excluding diaryl/α,β-unsaturated/α-hetero) is 1. The van der Waals surface area contributed by atoms with Crippen molar-refractivity contribution in [2.45, 2.75) is 11.8 Å². The maximum Gasteiger partial charge on any atom is 0.267 e. The van der Waals surface area contributed by atoms with Crippen molar-refractivity contribution in [3.63, 3.8) is 0 Å². The van der Waals surface area contributed by atoms with Crippen LogP contribution in [0.15, 0.2) is 70.9 Å². The number of thiophene rings is 1. The molecule has 8 heteroatoms. The summed E-state index contributed by atoms with van der Waals surface area (Å²) in [7, 11) is -3.80. The highest BCUT2D eigenvalue weighted by molar-refractivity contribution is 7.92. The van der Waals surface area contributed by atoms with E-state index in [-0.39, 0.29) is 21.2 Å². The van der Waals surface area contributed by atoms with Crippen molar-refractivity contribution in [2.24, 2.45) is 0 Å². The Morgan fingerprint density at radius 3 is 2.41 bits per heavy atom. The van der Waals surface area contributed by atoms with Crippen LogP contribution in [0.5, 0.6) is 0 Å². The van der Waals surface area contributed by atoms with Gasteiger partial charge >= 0.3 is 0 Å². The second kappa shape index (κ2) is 7.73. The fraction of sp³-hybridized carbons (Fsp3) is 0.0526. The third-order valence-corrected chi connectivity index (χ3v) is 5.99. The van der Waals surface area contributed by atoms with Gasteiger partial charge in [0.05, 0.1) is 10.6 Å². The largest absolute Gasteiger partial charge is 0.321 e. The number of benzene rings is 2. The van der Waals surface area contributed by atoms with Crippen molar-refractivity contribution < 1.29 is 18.0 Å². The predicted molar refractivity (Wildman–Crippen MR) is 106 cm³/mol. The molecular formula is C19H16N2O4S2. The number of sulfonamides is 1. The Hall–Kier alpha value is -2.97. The van der Waals surface area contributed by atoms with E-state index in [4.69, 9.17) is 0 Å². The Morgan fingerprint density at radius 2 is 1.70 bits per heavy atom. The van der Waals surface area contributed by atoms with E-state index < -0.39 is 15.9 Å². The van der Waals surface area contributed by atoms with Crippen LogP contribution in [0.3, 0.4) is 0 Å². The summed E-state index contributed by atoms with van der Waals surface area (Å²) in [6, 6.07) is 16.0. The average Bonchev–Trinajstić information content (AvgIpc) is 3.10. The molecule has 2 aromatic carbocycles. The average molecular weight is 400 g/mol. The highest BCUT2D eigenvalue weighted by Crippen LogP contribution is 2.26. The maximum atomic E-state index is 12.6. The molecule has 0 aliphatic carbocycles. The summed E-state index contributed by atoms with van der Waals surface area (Å²) in [6.07, 6.45) is 0. The monoisotopic (exact) mass is 400 g/mol. The van der Waals surface area contributed by atoms with Crippen LogP contribution in [0.2, 0.25) is 0 Å². The van der Waals surface area contributed by atoms with E-state index in [1.54, 1.807) is 47.8 Å². The number of hydrogen-bond acceptors (Lipinski definition) is 5. The molecule has 0 atom stereocenters. The Labute approximate surface area is 160 Å². The van der Waals surface area contributed by atoms with Gasteiger partial charge in [0.1, 0.15) is 4.88 Å². The topological polar surface area (TPSA) is 92.3 Å². The van der Waals surface area contributed by atoms with Gasteiger partial charge in [-0.05, 0) is 42.6 Å². The minimum absolute atomic E-state index is 0.108. The SMILES string of the molecule is CC(=O)c1cccc(NC(=O)c2sccc2NS(=O)(=O)c2ccccc2)c1. The van der Waals surface area contributed by atoms with E-state index in [0.717, 1.165) is 11.3 Å². The Balaban J connectivity index is 1.81. The van der Waals surface area contributed by atoms with Gasteiger partial charge in [-0.1, -0.05) is 30.3 Å². The molecule has 0 aliphatic rings. The molecule has 0 aliphatic heterocycles. The van der Waals surface area contributed by atoms with Crippen LogP contribution in [0.1, 0.15) is 27.0 Å². The van der Waals surface area contributed by atoms with E-state index in [9.17, 15) is 18.0 Å². The Morgan fingerprint density at radius 1 is 0.963 bits per heavy atom. The van der Waals surface area contributed by atoms with Crippen molar-refractivity contribution >= 4 is 44.4 Å². The van der Waals surface area contributed by atoms with Crippen molar-refractivity contribution in [1.29, 1.82) is 0 Å². The lowest BCUT2D eigenvalue weighted by Gasteiger charge is -2.10. The zero-order valence-corrected chi connectivity index (χ0v) is 15.9. The highest BCUT2D eigenvalue weighted by atomic mass is 32.2. The molecule has 6 nitrogen and oxygen atoms in total. The predicted octanol–water partition coefficient (Wildman–Crippen LogP) is 4.00. The molecule has 3 rings (SSSR count). The van der Waals surface area contributed by atoms with Gasteiger partial charge in [-0.15, -0.1) is 11.3 Å². The first kappa shape index (κ1) is 18.8. The molecule has 1 heterocycles. The van der Waals surface area contributed by atoms with E-state index in [1.165, 1.54) is 25.1 Å². The first-order valence-electron chi connectivity index (χ1n) is 7.94. The lowest BCUT2D eigenvalue weighted by atomic mass is 10.1. The number of amides is 1. The standard InChI is InChI=1S/C19H16N2O4S2/c1-13(22)14-6-5-7-15(12-14)20-19(23)18-17(10-11-26-18)21-27(24,25)16-8-3-2-4-9-16/h2-12,21H,1H3,(H,20,23). The number of anilines is 2. The van der Waals surface area contributed by atoms with E-state index in [1.807, 2.05) is 0 Å². The third-order valence-electron chi connectivity index (χ3n) is 3.70. The fourth-order valence-electron chi connectivity index (χ4n) is 2.37. The molecular weight excluding hydrogens is 384 g/mol. The lowest BCUT2D eigenvalue weighted by Crippen LogP contribution is -2.17. The summed E-state index contributed by atoms with van der Waals surface area (Å²) in [5, 5.41) is 4.32. The number of ketones is 1. The zero-order valence-electron chi connectivity index (χ0n) is 14.3. The minimum Gasteiger partial charge on any atom is -0.321 e. The molecule has 0 unspecified atom stereocenters. The molecule has 0 saturated carbocycles. The van der Waals surface area contributed by atoms with Crippen LogP contribution in [-0.4, -0.2) is 20.1 Å². The van der Waals surface area contributed by atoms with E-state index in [2.05, 4.69) is 10.0 Å². The van der Waals surface area contributed by atoms with Crippen LogP contribution in [0, 0.1) is 0 Å². The summed E-state index contributed by atoms with van der Waals surface area (Å²) >= 11 is 1.12. The van der Waals surface area contributed by atoms with Crippen LogP contribution in [-0.2, 0) is 10.0 Å². The number of carbonyl (C=O) groups excluding carboxylic acids is 2. The first-order valence-corrected chi connectivity index (χ1v) is 10.3. The second-order valence-electron chi connectivity index (χ2n) is 5.67. The van der Waals surface area contributed by atoms with Crippen molar-refractivity contribution in [1.82, 2.24) is 0 Å². The number of hydrogen-bond donors (Lipinski definition) is 2. The summed E-state index contributed by atoms with van der Waals surface area (Å²) in [5.41, 5.74) is 1.13. The van der Waals surface area contributed by atoms with Gasteiger partial charge in [-0.2, -0.15) is 0 Å². The number of nitrogens with one attached hydrogen (secondary N) is 2. The summed E-state index contributed by atoms with van der Waals surface area (Å²) in [5.74, 6) is -0.574. The normalized spacial score (nSPS) is 11.0. The number of carbonyl (C=O) groups is 2. The zero-order chi connectivity index (χ0) is 19.4. The summed E-state index contributed by atoms with van der Waals surface area (Å²) < 4.78 is 27.4.